The van der Waals surface area contributed by atoms with E-state index in [0.717, 1.165) is 37.8 Å². The number of piperidine rings is 1. The monoisotopic (exact) mass is 517 g/mol. The number of hydrogen-bond donors (Lipinski definition) is 1. The van der Waals surface area contributed by atoms with Gasteiger partial charge >= 0.3 is 0 Å². The van der Waals surface area contributed by atoms with Gasteiger partial charge in [0.25, 0.3) is 0 Å². The van der Waals surface area contributed by atoms with Crippen molar-refractivity contribution < 1.29 is 19.1 Å². The summed E-state index contributed by atoms with van der Waals surface area (Å²) >= 11 is 0. The van der Waals surface area contributed by atoms with E-state index in [2.05, 4.69) is 20.4 Å². The fourth-order valence-corrected chi connectivity index (χ4v) is 6.76. The van der Waals surface area contributed by atoms with Gasteiger partial charge in [-0.3, -0.25) is 9.69 Å². The van der Waals surface area contributed by atoms with E-state index in [4.69, 9.17) is 5.48 Å². The molecule has 0 radical (unpaired) electrons. The second kappa shape index (κ2) is 10.8. The van der Waals surface area contributed by atoms with Gasteiger partial charge in [0, 0.05) is 54.8 Å². The van der Waals surface area contributed by atoms with E-state index in [9.17, 15) is 13.6 Å². The van der Waals surface area contributed by atoms with Crippen molar-refractivity contribution >= 4 is 5.91 Å². The molecule has 8 heteroatoms. The summed E-state index contributed by atoms with van der Waals surface area (Å²) in [4.78, 5) is 15.7. The van der Waals surface area contributed by atoms with Crippen molar-refractivity contribution in [3.05, 3.63) is 47.5 Å². The van der Waals surface area contributed by atoms with Gasteiger partial charge in [-0.05, 0) is 57.4 Å². The fourth-order valence-electron chi connectivity index (χ4n) is 6.76. The predicted molar refractivity (Wildman–Crippen MR) is 139 cm³/mol. The van der Waals surface area contributed by atoms with Crippen molar-refractivity contribution in [1.29, 1.82) is 0 Å². The summed E-state index contributed by atoms with van der Waals surface area (Å²) in [6.45, 7) is 1.46. The molecule has 1 N–H and O–H groups in total. The zero-order valence-corrected chi connectivity index (χ0v) is 21.8. The molecule has 1 saturated carbocycles. The van der Waals surface area contributed by atoms with Crippen molar-refractivity contribution in [2.24, 2.45) is 5.92 Å². The molecule has 2 aromatic rings. The van der Waals surface area contributed by atoms with Crippen LogP contribution in [0.4, 0.5) is 8.78 Å². The van der Waals surface area contributed by atoms with E-state index < -0.39 is 18.7 Å². The summed E-state index contributed by atoms with van der Waals surface area (Å²) in [6.07, 6.45) is 4.36. The minimum absolute atomic E-state index is 0.0230. The van der Waals surface area contributed by atoms with E-state index in [1.165, 1.54) is 6.92 Å². The fraction of sp³-hybridized carbons (Fsp3) is 0.690. The first-order valence-electron chi connectivity index (χ1n) is 15.7. The maximum absolute atomic E-state index is 13.7. The molecule has 0 spiro atoms. The molecule has 4 unspecified atom stereocenters. The second-order valence-corrected chi connectivity index (χ2v) is 11.2. The number of aromatic nitrogens is 3. The number of carbonyl (C=O) groups is 1. The van der Waals surface area contributed by atoms with Crippen molar-refractivity contribution in [3.63, 3.8) is 0 Å². The number of nitrogens with zero attached hydrogens (tertiary/aromatic N) is 4. The third-order valence-corrected chi connectivity index (χ3v) is 8.71. The Morgan fingerprint density at radius 1 is 1.14 bits per heavy atom. The largest absolute Gasteiger partial charge is 0.349 e. The van der Waals surface area contributed by atoms with Crippen LogP contribution in [0.5, 0.6) is 0 Å². The summed E-state index contributed by atoms with van der Waals surface area (Å²) in [5.74, 6) is -4.22. The van der Waals surface area contributed by atoms with Crippen LogP contribution in [0.3, 0.4) is 0 Å². The van der Waals surface area contributed by atoms with Gasteiger partial charge < -0.3 is 9.88 Å². The predicted octanol–water partition coefficient (Wildman–Crippen LogP) is 5.95. The summed E-state index contributed by atoms with van der Waals surface area (Å²) in [5, 5.41) is 11.5. The quantitative estimate of drug-likeness (QED) is 0.470. The van der Waals surface area contributed by atoms with Crippen LogP contribution in [0.25, 0.3) is 0 Å². The Hall–Kier alpha value is -2.35. The maximum atomic E-state index is 13.7. The molecule has 3 fully saturated rings. The Morgan fingerprint density at radius 2 is 1.81 bits per heavy atom. The molecular formula is C29H41F2N5O. The minimum atomic E-state index is -2.67. The summed E-state index contributed by atoms with van der Waals surface area (Å²) in [5.41, 5.74) is 1.01. The van der Waals surface area contributed by atoms with Crippen molar-refractivity contribution in [1.82, 2.24) is 25.0 Å². The molecule has 5 rings (SSSR count). The molecule has 2 bridgehead atoms. The Labute approximate surface area is 224 Å². The zero-order valence-electron chi connectivity index (χ0n) is 25.8. The first-order valence-corrected chi connectivity index (χ1v) is 13.7. The third-order valence-electron chi connectivity index (χ3n) is 8.71. The number of nitrogens with one attached hydrogen (secondary N) is 1. The Morgan fingerprint density at radius 3 is 2.46 bits per heavy atom. The van der Waals surface area contributed by atoms with E-state index >= 15 is 0 Å². The lowest BCUT2D eigenvalue weighted by Gasteiger charge is -2.40. The van der Waals surface area contributed by atoms with Crippen LogP contribution in [0.1, 0.15) is 112 Å². The highest BCUT2D eigenvalue weighted by Gasteiger charge is 2.42. The van der Waals surface area contributed by atoms with Crippen LogP contribution < -0.4 is 5.32 Å². The zero-order chi connectivity index (χ0) is 29.6. The number of rotatable bonds is 8. The number of carbonyl (C=O) groups excluding carboxylic acids is 1. The third kappa shape index (κ3) is 5.74. The molecule has 4 atom stereocenters. The topological polar surface area (TPSA) is 63.1 Å². The standard InChI is InChI=1S/C29H41F2N5O/c1-19(2)27-34-33-20(3)36(27)25-17-23-9-10-24(18-25)35(23)16-13-26(21-7-5-4-6-8-21)32-28(37)22-11-14-29(30,31)15-12-22/h4-8,19,22-26H,9-18H2,1-3H3,(H,32,37)/i1D3,19D. The molecular weight excluding hydrogens is 472 g/mol. The summed E-state index contributed by atoms with van der Waals surface area (Å²) < 4.78 is 61.6. The van der Waals surface area contributed by atoms with Gasteiger partial charge in [-0.2, -0.15) is 0 Å². The average Bonchev–Trinajstić information content (AvgIpc) is 3.41. The van der Waals surface area contributed by atoms with Crippen LogP contribution in [0.2, 0.25) is 0 Å². The molecule has 1 aromatic carbocycles. The van der Waals surface area contributed by atoms with Gasteiger partial charge in [-0.1, -0.05) is 44.1 Å². The average molecular weight is 518 g/mol. The van der Waals surface area contributed by atoms with E-state index in [0.29, 0.717) is 24.3 Å². The number of halogens is 2. The number of aryl methyl sites for hydroxylation is 1. The van der Waals surface area contributed by atoms with Crippen LogP contribution in [0, 0.1) is 12.8 Å². The molecule has 202 valence electrons. The molecule has 3 aliphatic rings. The number of fused-ring (bicyclic) bond motifs is 2. The van der Waals surface area contributed by atoms with E-state index in [1.807, 2.05) is 41.8 Å². The SMILES string of the molecule is [2H]C([2H])([2H])C([2H])(C)c1nnc(C)n1C1CC2CCC(C1)N2CCC(NC(=O)C1CCC(F)(F)CC1)c1ccccc1. The molecule has 2 aliphatic heterocycles. The van der Waals surface area contributed by atoms with Gasteiger partial charge in [-0.15, -0.1) is 10.2 Å². The van der Waals surface area contributed by atoms with E-state index in [-0.39, 0.29) is 55.4 Å². The molecule has 3 heterocycles. The lowest BCUT2D eigenvalue weighted by atomic mass is 9.86. The van der Waals surface area contributed by atoms with Crippen LogP contribution >= 0.6 is 0 Å². The first-order chi connectivity index (χ1) is 19.3. The van der Waals surface area contributed by atoms with Gasteiger partial charge in [0.2, 0.25) is 11.8 Å². The number of amides is 1. The van der Waals surface area contributed by atoms with Crippen LogP contribution in [0.15, 0.2) is 30.3 Å². The molecule has 6 nitrogen and oxygen atoms in total. The lowest BCUT2D eigenvalue weighted by Crippen LogP contribution is -2.45. The normalized spacial score (nSPS) is 30.4. The first kappa shape index (κ1) is 21.6. The molecule has 1 aromatic heterocycles. The van der Waals surface area contributed by atoms with Crippen LogP contribution in [-0.2, 0) is 4.79 Å². The van der Waals surface area contributed by atoms with Gasteiger partial charge in [-0.25, -0.2) is 8.78 Å². The Kier molecular flexibility index (Phi) is 6.29. The smallest absolute Gasteiger partial charge is 0.248 e. The van der Waals surface area contributed by atoms with Crippen molar-refractivity contribution in [2.45, 2.75) is 114 Å². The Bertz CT molecular complexity index is 1200. The maximum Gasteiger partial charge on any atom is 0.248 e. The molecule has 1 aliphatic carbocycles. The highest BCUT2D eigenvalue weighted by molar-refractivity contribution is 5.79. The highest BCUT2D eigenvalue weighted by Crippen LogP contribution is 2.42. The molecule has 37 heavy (non-hydrogen) atoms. The van der Waals surface area contributed by atoms with Gasteiger partial charge in [0.05, 0.1) is 6.04 Å². The minimum Gasteiger partial charge on any atom is -0.349 e. The van der Waals surface area contributed by atoms with E-state index in [1.54, 1.807) is 0 Å². The highest BCUT2D eigenvalue weighted by atomic mass is 19.3. The second-order valence-electron chi connectivity index (χ2n) is 11.2. The van der Waals surface area contributed by atoms with Crippen LogP contribution in [-0.4, -0.2) is 50.1 Å². The van der Waals surface area contributed by atoms with Gasteiger partial charge in [0.15, 0.2) is 0 Å². The lowest BCUT2D eigenvalue weighted by molar-refractivity contribution is -0.130. The Balaban J connectivity index is 1.27. The number of benzene rings is 1. The summed E-state index contributed by atoms with van der Waals surface area (Å²) in [7, 11) is 0. The number of hydrogen-bond acceptors (Lipinski definition) is 4. The van der Waals surface area contributed by atoms with Crippen molar-refractivity contribution in [3.8, 4) is 0 Å². The molecule has 2 saturated heterocycles. The van der Waals surface area contributed by atoms with Crippen molar-refractivity contribution in [2.75, 3.05) is 6.54 Å². The summed E-state index contributed by atoms with van der Waals surface area (Å²) in [6, 6.07) is 10.2. The molecule has 1 amide bonds. The van der Waals surface area contributed by atoms with Gasteiger partial charge in [0.1, 0.15) is 11.6 Å². The number of alkyl halides is 2.